The Hall–Kier alpha value is -1.47. The Bertz CT molecular complexity index is 403. The lowest BCUT2D eigenvalue weighted by Gasteiger charge is -2.19. The molecule has 1 aromatic rings. The third-order valence-corrected chi connectivity index (χ3v) is 2.43. The highest BCUT2D eigenvalue weighted by molar-refractivity contribution is 5.67. The van der Waals surface area contributed by atoms with Gasteiger partial charge in [0, 0.05) is 13.5 Å². The first kappa shape index (κ1) is 15.6. The molecule has 7 heteroatoms. The zero-order valence-electron chi connectivity index (χ0n) is 11.5. The highest BCUT2D eigenvalue weighted by atomic mass is 16.5. The second kappa shape index (κ2) is 7.20. The van der Waals surface area contributed by atoms with Crippen molar-refractivity contribution < 1.29 is 23.8 Å². The third kappa shape index (κ3) is 6.30. The van der Waals surface area contributed by atoms with Gasteiger partial charge in [-0.3, -0.25) is 4.79 Å². The smallest absolute Gasteiger partial charge is 0.303 e. The quantitative estimate of drug-likeness (QED) is 0.676. The number of carboxylic acids is 1. The SMILES string of the molecule is COCCOCc1nnc(CC(C)(C)CC(=O)O)o1. The van der Waals surface area contributed by atoms with Crippen molar-refractivity contribution in [3.63, 3.8) is 0 Å². The maximum absolute atomic E-state index is 10.7. The van der Waals surface area contributed by atoms with Gasteiger partial charge < -0.3 is 19.0 Å². The van der Waals surface area contributed by atoms with Gasteiger partial charge in [-0.1, -0.05) is 13.8 Å². The van der Waals surface area contributed by atoms with Crippen LogP contribution in [0, 0.1) is 5.41 Å². The van der Waals surface area contributed by atoms with Crippen molar-refractivity contribution in [2.45, 2.75) is 33.3 Å². The number of rotatable bonds is 9. The number of methoxy groups -OCH3 is 1. The van der Waals surface area contributed by atoms with Gasteiger partial charge in [0.05, 0.1) is 19.6 Å². The minimum absolute atomic E-state index is 0.0506. The number of nitrogens with zero attached hydrogens (tertiary/aromatic N) is 2. The van der Waals surface area contributed by atoms with Crippen LogP contribution in [0.25, 0.3) is 0 Å². The Morgan fingerprint density at radius 1 is 1.32 bits per heavy atom. The van der Waals surface area contributed by atoms with Gasteiger partial charge in [-0.2, -0.15) is 0 Å². The molecule has 1 N–H and O–H groups in total. The van der Waals surface area contributed by atoms with E-state index >= 15 is 0 Å². The molecule has 0 saturated carbocycles. The molecule has 0 unspecified atom stereocenters. The fraction of sp³-hybridized carbons (Fsp3) is 0.750. The lowest BCUT2D eigenvalue weighted by Crippen LogP contribution is -2.19. The van der Waals surface area contributed by atoms with Crippen molar-refractivity contribution in [3.05, 3.63) is 11.8 Å². The summed E-state index contributed by atoms with van der Waals surface area (Å²) in [4.78, 5) is 10.7. The Kier molecular flexibility index (Phi) is 5.91. The van der Waals surface area contributed by atoms with Crippen LogP contribution in [-0.4, -0.2) is 41.6 Å². The van der Waals surface area contributed by atoms with E-state index in [1.54, 1.807) is 7.11 Å². The summed E-state index contributed by atoms with van der Waals surface area (Å²) < 4.78 is 15.5. The van der Waals surface area contributed by atoms with Crippen LogP contribution in [0.1, 0.15) is 32.0 Å². The topological polar surface area (TPSA) is 94.7 Å². The van der Waals surface area contributed by atoms with Crippen molar-refractivity contribution in [1.82, 2.24) is 10.2 Å². The lowest BCUT2D eigenvalue weighted by atomic mass is 9.86. The third-order valence-electron chi connectivity index (χ3n) is 2.43. The van der Waals surface area contributed by atoms with Crippen LogP contribution in [0.2, 0.25) is 0 Å². The summed E-state index contributed by atoms with van der Waals surface area (Å²) in [6.45, 7) is 4.89. The fourth-order valence-corrected chi connectivity index (χ4v) is 1.60. The van der Waals surface area contributed by atoms with E-state index in [1.807, 2.05) is 13.8 Å². The zero-order valence-corrected chi connectivity index (χ0v) is 11.5. The highest BCUT2D eigenvalue weighted by Gasteiger charge is 2.25. The van der Waals surface area contributed by atoms with Crippen LogP contribution in [0.15, 0.2) is 4.42 Å². The van der Waals surface area contributed by atoms with E-state index in [2.05, 4.69) is 10.2 Å². The van der Waals surface area contributed by atoms with E-state index in [1.165, 1.54) is 0 Å². The second-order valence-corrected chi connectivity index (χ2v) is 5.05. The van der Waals surface area contributed by atoms with Crippen LogP contribution in [0.5, 0.6) is 0 Å². The predicted octanol–water partition coefficient (Wildman–Crippen LogP) is 1.28. The molecular formula is C12H20N2O5. The van der Waals surface area contributed by atoms with Gasteiger partial charge in [-0.25, -0.2) is 0 Å². The average molecular weight is 272 g/mol. The molecule has 0 aliphatic carbocycles. The molecule has 19 heavy (non-hydrogen) atoms. The number of hydrogen-bond donors (Lipinski definition) is 1. The second-order valence-electron chi connectivity index (χ2n) is 5.05. The molecule has 0 radical (unpaired) electrons. The van der Waals surface area contributed by atoms with Gasteiger partial charge in [0.15, 0.2) is 0 Å². The van der Waals surface area contributed by atoms with Crippen LogP contribution in [0.4, 0.5) is 0 Å². The van der Waals surface area contributed by atoms with Crippen LogP contribution < -0.4 is 0 Å². The van der Waals surface area contributed by atoms with Gasteiger partial charge in [-0.05, 0) is 5.41 Å². The summed E-state index contributed by atoms with van der Waals surface area (Å²) in [7, 11) is 1.60. The number of ether oxygens (including phenoxy) is 2. The van der Waals surface area contributed by atoms with Crippen molar-refractivity contribution in [3.8, 4) is 0 Å². The van der Waals surface area contributed by atoms with E-state index in [9.17, 15) is 4.79 Å². The molecule has 0 saturated heterocycles. The van der Waals surface area contributed by atoms with Crippen molar-refractivity contribution in [1.29, 1.82) is 0 Å². The first-order valence-corrected chi connectivity index (χ1v) is 6.03. The first-order valence-electron chi connectivity index (χ1n) is 6.03. The maximum atomic E-state index is 10.7. The molecule has 0 spiro atoms. The van der Waals surface area contributed by atoms with Crippen LogP contribution >= 0.6 is 0 Å². The predicted molar refractivity (Wildman–Crippen MR) is 65.6 cm³/mol. The van der Waals surface area contributed by atoms with Crippen molar-refractivity contribution in [2.75, 3.05) is 20.3 Å². The Balaban J connectivity index is 2.43. The van der Waals surface area contributed by atoms with E-state index in [0.29, 0.717) is 31.4 Å². The number of aromatic nitrogens is 2. The van der Waals surface area contributed by atoms with E-state index < -0.39 is 11.4 Å². The monoisotopic (exact) mass is 272 g/mol. The molecule has 1 rings (SSSR count). The summed E-state index contributed by atoms with van der Waals surface area (Å²) in [6, 6.07) is 0. The molecule has 0 fully saturated rings. The molecule has 0 amide bonds. The molecule has 0 atom stereocenters. The summed E-state index contributed by atoms with van der Waals surface area (Å²) in [5.74, 6) is -0.0264. The van der Waals surface area contributed by atoms with Crippen molar-refractivity contribution in [2.24, 2.45) is 5.41 Å². The standard InChI is InChI=1S/C12H20N2O5/c1-12(2,7-11(15)16)6-9-13-14-10(19-9)8-18-5-4-17-3/h4-8H2,1-3H3,(H,15,16). The largest absolute Gasteiger partial charge is 0.481 e. The van der Waals surface area contributed by atoms with Gasteiger partial charge >= 0.3 is 5.97 Å². The maximum Gasteiger partial charge on any atom is 0.303 e. The van der Waals surface area contributed by atoms with Crippen molar-refractivity contribution >= 4 is 5.97 Å². The first-order chi connectivity index (χ1) is 8.93. The molecule has 1 heterocycles. The van der Waals surface area contributed by atoms with Gasteiger partial charge in [0.25, 0.3) is 0 Å². The van der Waals surface area contributed by atoms with E-state index in [-0.39, 0.29) is 13.0 Å². The normalized spacial score (nSPS) is 11.7. The van der Waals surface area contributed by atoms with Gasteiger partial charge in [0.2, 0.25) is 11.8 Å². The van der Waals surface area contributed by atoms with Gasteiger partial charge in [0.1, 0.15) is 6.61 Å². The summed E-state index contributed by atoms with van der Waals surface area (Å²) in [6.07, 6.45) is 0.472. The lowest BCUT2D eigenvalue weighted by molar-refractivity contribution is -0.139. The minimum atomic E-state index is -0.840. The van der Waals surface area contributed by atoms with Gasteiger partial charge in [-0.15, -0.1) is 10.2 Å². The average Bonchev–Trinajstić information content (AvgIpc) is 2.69. The van der Waals surface area contributed by atoms with Crippen LogP contribution in [0.3, 0.4) is 0 Å². The Labute approximate surface area is 111 Å². The minimum Gasteiger partial charge on any atom is -0.481 e. The molecule has 0 aliphatic heterocycles. The number of carboxylic acid groups (broad SMARTS) is 1. The highest BCUT2D eigenvalue weighted by Crippen LogP contribution is 2.25. The molecule has 1 aromatic heterocycles. The number of carbonyl (C=O) groups is 1. The molecule has 7 nitrogen and oxygen atoms in total. The van der Waals surface area contributed by atoms with Crippen LogP contribution in [-0.2, 0) is 27.3 Å². The van der Waals surface area contributed by atoms with E-state index in [0.717, 1.165) is 0 Å². The number of hydrogen-bond acceptors (Lipinski definition) is 6. The Morgan fingerprint density at radius 3 is 2.63 bits per heavy atom. The van der Waals surface area contributed by atoms with E-state index in [4.69, 9.17) is 19.0 Å². The molecule has 0 aromatic carbocycles. The molecular weight excluding hydrogens is 252 g/mol. The number of aliphatic carboxylic acids is 1. The summed E-state index contributed by atoms with van der Waals surface area (Å²) in [5, 5.41) is 16.5. The molecule has 0 aliphatic rings. The summed E-state index contributed by atoms with van der Waals surface area (Å²) in [5.41, 5.74) is -0.424. The molecule has 108 valence electrons. The zero-order chi connectivity index (χ0) is 14.3. The Morgan fingerprint density at radius 2 is 2.00 bits per heavy atom. The summed E-state index contributed by atoms with van der Waals surface area (Å²) >= 11 is 0. The molecule has 0 bridgehead atoms. The fourth-order valence-electron chi connectivity index (χ4n) is 1.60.